The van der Waals surface area contributed by atoms with Crippen molar-refractivity contribution in [1.29, 1.82) is 0 Å². The highest BCUT2D eigenvalue weighted by Crippen LogP contribution is 2.21. The Kier molecular flexibility index (Phi) is 5.57. The first-order chi connectivity index (χ1) is 11.3. The summed E-state index contributed by atoms with van der Waals surface area (Å²) in [5, 5.41) is 2.54. The number of hydrogen-bond donors (Lipinski definition) is 0. The fourth-order valence-corrected chi connectivity index (χ4v) is 3.51. The normalized spacial score (nSPS) is 18.3. The minimum Gasteiger partial charge on any atom is -0.374 e. The molecule has 0 spiro atoms. The Morgan fingerprint density at radius 3 is 2.96 bits per heavy atom. The first-order valence-corrected chi connectivity index (χ1v) is 9.52. The Labute approximate surface area is 142 Å². The molecule has 0 saturated carbocycles. The predicted molar refractivity (Wildman–Crippen MR) is 97.0 cm³/mol. The second-order valence-corrected chi connectivity index (χ2v) is 6.90. The van der Waals surface area contributed by atoms with Crippen LogP contribution in [0, 0.1) is 0 Å². The van der Waals surface area contributed by atoms with Gasteiger partial charge in [-0.05, 0) is 22.6 Å². The van der Waals surface area contributed by atoms with Crippen LogP contribution in [0.2, 0.25) is 0 Å². The number of ether oxygens (including phenoxy) is 1. The molecule has 0 bridgehead atoms. The van der Waals surface area contributed by atoms with Crippen LogP contribution in [-0.2, 0) is 16.0 Å². The van der Waals surface area contributed by atoms with Gasteiger partial charge >= 0.3 is 0 Å². The minimum absolute atomic E-state index is 0.0905. The predicted octanol–water partition coefficient (Wildman–Crippen LogP) is 3.36. The summed E-state index contributed by atoms with van der Waals surface area (Å²) < 4.78 is 5.92. The molecule has 0 unspecified atom stereocenters. The zero-order valence-corrected chi connectivity index (χ0v) is 14.3. The lowest BCUT2D eigenvalue weighted by Crippen LogP contribution is -2.46. The van der Waals surface area contributed by atoms with Crippen LogP contribution in [0.25, 0.3) is 10.8 Å². The number of thioether (sulfide) groups is 1. The zero-order valence-electron chi connectivity index (χ0n) is 13.5. The van der Waals surface area contributed by atoms with Gasteiger partial charge in [0.25, 0.3) is 0 Å². The molecule has 1 heterocycles. The fourth-order valence-electron chi connectivity index (χ4n) is 3.13. The molecule has 0 N–H and O–H groups in total. The Hall–Kier alpha value is -1.52. The second-order valence-electron chi connectivity index (χ2n) is 5.92. The maximum atomic E-state index is 12.2. The number of nitrogens with zero attached hydrogens (tertiary/aromatic N) is 1. The van der Waals surface area contributed by atoms with Gasteiger partial charge in [-0.3, -0.25) is 4.79 Å². The fraction of sp³-hybridized carbons (Fsp3) is 0.421. The number of fused-ring (bicyclic) bond motifs is 1. The van der Waals surface area contributed by atoms with Crippen LogP contribution in [0.3, 0.4) is 0 Å². The molecule has 0 aromatic heterocycles. The monoisotopic (exact) mass is 329 g/mol. The summed E-state index contributed by atoms with van der Waals surface area (Å²) >= 11 is 1.72. The van der Waals surface area contributed by atoms with E-state index in [0.29, 0.717) is 19.6 Å². The van der Waals surface area contributed by atoms with E-state index >= 15 is 0 Å². The lowest BCUT2D eigenvalue weighted by atomic mass is 9.99. The van der Waals surface area contributed by atoms with Gasteiger partial charge in [-0.2, -0.15) is 11.8 Å². The highest BCUT2D eigenvalue weighted by molar-refractivity contribution is 7.98. The molecule has 4 heteroatoms. The third-order valence-electron chi connectivity index (χ3n) is 4.34. The van der Waals surface area contributed by atoms with Crippen LogP contribution in [0.15, 0.2) is 42.5 Å². The summed E-state index contributed by atoms with van der Waals surface area (Å²) in [6.45, 7) is 2.07. The maximum absolute atomic E-state index is 12.2. The van der Waals surface area contributed by atoms with Gasteiger partial charge in [0.05, 0.1) is 12.7 Å². The van der Waals surface area contributed by atoms with Gasteiger partial charge < -0.3 is 9.64 Å². The van der Waals surface area contributed by atoms with Crippen LogP contribution in [0.1, 0.15) is 12.0 Å². The van der Waals surface area contributed by atoms with E-state index in [1.54, 1.807) is 11.8 Å². The molecule has 1 atom stereocenters. The van der Waals surface area contributed by atoms with Crippen LogP contribution in [0.5, 0.6) is 0 Å². The molecule has 0 radical (unpaired) electrons. The molecule has 1 aliphatic rings. The molecule has 2 aromatic carbocycles. The highest BCUT2D eigenvalue weighted by atomic mass is 32.2. The first-order valence-electron chi connectivity index (χ1n) is 8.13. The summed E-state index contributed by atoms with van der Waals surface area (Å²) in [5.41, 5.74) is 1.30. The van der Waals surface area contributed by atoms with Crippen LogP contribution < -0.4 is 0 Å². The third kappa shape index (κ3) is 4.06. The van der Waals surface area contributed by atoms with Crippen LogP contribution in [-0.4, -0.2) is 48.6 Å². The lowest BCUT2D eigenvalue weighted by molar-refractivity contribution is -0.138. The summed E-state index contributed by atoms with van der Waals surface area (Å²) in [6.07, 6.45) is 3.61. The van der Waals surface area contributed by atoms with Crippen molar-refractivity contribution >= 4 is 28.4 Å². The first kappa shape index (κ1) is 16.3. The average molecular weight is 329 g/mol. The Bertz CT molecular complexity index is 668. The molecule has 1 amide bonds. The molecule has 0 aliphatic carbocycles. The van der Waals surface area contributed by atoms with Crippen molar-refractivity contribution in [3.63, 3.8) is 0 Å². The molecular formula is C19H23NO2S. The van der Waals surface area contributed by atoms with Crippen LogP contribution in [0.4, 0.5) is 0 Å². The van der Waals surface area contributed by atoms with Crippen molar-refractivity contribution in [3.8, 4) is 0 Å². The molecule has 1 saturated heterocycles. The highest BCUT2D eigenvalue weighted by Gasteiger charge is 2.24. The van der Waals surface area contributed by atoms with E-state index in [2.05, 4.69) is 42.5 Å². The van der Waals surface area contributed by atoms with Crippen molar-refractivity contribution < 1.29 is 9.53 Å². The van der Waals surface area contributed by atoms with E-state index in [0.717, 1.165) is 18.7 Å². The SMILES string of the molecule is CSCCC(=O)N1CCO[C@H](Cc2cccc3ccccc23)C1. The zero-order chi connectivity index (χ0) is 16.1. The van der Waals surface area contributed by atoms with E-state index in [9.17, 15) is 4.79 Å². The number of rotatable bonds is 5. The maximum Gasteiger partial charge on any atom is 0.223 e. The van der Waals surface area contributed by atoms with E-state index in [1.165, 1.54) is 16.3 Å². The topological polar surface area (TPSA) is 29.5 Å². The summed E-state index contributed by atoms with van der Waals surface area (Å²) in [7, 11) is 0. The van der Waals surface area contributed by atoms with Crippen molar-refractivity contribution in [2.24, 2.45) is 0 Å². The van der Waals surface area contributed by atoms with Gasteiger partial charge in [0.1, 0.15) is 0 Å². The van der Waals surface area contributed by atoms with E-state index in [1.807, 2.05) is 11.2 Å². The van der Waals surface area contributed by atoms with Gasteiger partial charge in [0.2, 0.25) is 5.91 Å². The number of hydrogen-bond acceptors (Lipinski definition) is 3. The van der Waals surface area contributed by atoms with Gasteiger partial charge in [-0.1, -0.05) is 42.5 Å². The standard InChI is InChI=1S/C19H23NO2S/c1-23-12-9-19(21)20-10-11-22-17(14-20)13-16-7-4-6-15-5-2-3-8-18(15)16/h2-8,17H,9-14H2,1H3/t17-/m1/s1. The smallest absolute Gasteiger partial charge is 0.223 e. The number of carbonyl (C=O) groups is 1. The second kappa shape index (κ2) is 7.84. The number of amides is 1. The molecular weight excluding hydrogens is 306 g/mol. The van der Waals surface area contributed by atoms with Gasteiger partial charge in [0.15, 0.2) is 0 Å². The lowest BCUT2D eigenvalue weighted by Gasteiger charge is -2.33. The number of benzene rings is 2. The molecule has 23 heavy (non-hydrogen) atoms. The largest absolute Gasteiger partial charge is 0.374 e. The van der Waals surface area contributed by atoms with E-state index in [-0.39, 0.29) is 12.0 Å². The Morgan fingerprint density at radius 2 is 2.09 bits per heavy atom. The molecule has 1 aliphatic heterocycles. The summed E-state index contributed by atoms with van der Waals surface area (Å²) in [5.74, 6) is 1.15. The van der Waals surface area contributed by atoms with Crippen molar-refractivity contribution in [2.75, 3.05) is 31.7 Å². The van der Waals surface area contributed by atoms with Crippen LogP contribution >= 0.6 is 11.8 Å². The van der Waals surface area contributed by atoms with Crippen molar-refractivity contribution in [3.05, 3.63) is 48.0 Å². The summed E-state index contributed by atoms with van der Waals surface area (Å²) in [4.78, 5) is 14.2. The Morgan fingerprint density at radius 1 is 1.26 bits per heavy atom. The Balaban J connectivity index is 1.68. The third-order valence-corrected chi connectivity index (χ3v) is 4.95. The van der Waals surface area contributed by atoms with Gasteiger partial charge in [0, 0.05) is 31.7 Å². The van der Waals surface area contributed by atoms with Crippen molar-refractivity contribution in [2.45, 2.75) is 18.9 Å². The quantitative estimate of drug-likeness (QED) is 0.842. The number of morpholine rings is 1. The van der Waals surface area contributed by atoms with Gasteiger partial charge in [-0.25, -0.2) is 0 Å². The summed E-state index contributed by atoms with van der Waals surface area (Å²) in [6, 6.07) is 14.8. The van der Waals surface area contributed by atoms with E-state index < -0.39 is 0 Å². The molecule has 1 fully saturated rings. The molecule has 122 valence electrons. The average Bonchev–Trinajstić information content (AvgIpc) is 2.60. The number of carbonyl (C=O) groups excluding carboxylic acids is 1. The van der Waals surface area contributed by atoms with Crippen molar-refractivity contribution in [1.82, 2.24) is 4.90 Å². The minimum atomic E-state index is 0.0905. The molecule has 3 nitrogen and oxygen atoms in total. The molecule has 3 rings (SSSR count). The van der Waals surface area contributed by atoms with Gasteiger partial charge in [-0.15, -0.1) is 0 Å². The molecule has 2 aromatic rings. The van der Waals surface area contributed by atoms with E-state index in [4.69, 9.17) is 4.74 Å².